The van der Waals surface area contributed by atoms with Gasteiger partial charge in [0, 0.05) is 15.6 Å². The molecule has 0 N–H and O–H groups in total. The molecule has 1 aliphatic rings. The van der Waals surface area contributed by atoms with Gasteiger partial charge in [-0.05, 0) is 11.5 Å². The predicted molar refractivity (Wildman–Crippen MR) is 74.5 cm³/mol. The second-order valence-corrected chi connectivity index (χ2v) is 6.56. The first-order valence-electron chi connectivity index (χ1n) is 3.89. The van der Waals surface area contributed by atoms with Gasteiger partial charge in [0.15, 0.2) is 0 Å². The Balaban J connectivity index is 2.63. The molecule has 0 aromatic heterocycles. The van der Waals surface area contributed by atoms with Crippen molar-refractivity contribution in [2.24, 2.45) is 0 Å². The summed E-state index contributed by atoms with van der Waals surface area (Å²) in [6, 6.07) is 1.56. The van der Waals surface area contributed by atoms with Crippen molar-refractivity contribution in [2.45, 2.75) is 0 Å². The van der Waals surface area contributed by atoms with Gasteiger partial charge < -0.3 is 0 Å². The summed E-state index contributed by atoms with van der Waals surface area (Å²) in [4.78, 5) is 1.03. The molecule has 0 fully saturated rings. The SMILES string of the molecule is Clc1cc(Cl)c(Cl)c(C2=CSCS2)c1Cl. The van der Waals surface area contributed by atoms with Crippen LogP contribution < -0.4 is 0 Å². The lowest BCUT2D eigenvalue weighted by atomic mass is 10.2. The van der Waals surface area contributed by atoms with Gasteiger partial charge in [-0.3, -0.25) is 0 Å². The maximum Gasteiger partial charge on any atom is 0.0692 e. The average molecular weight is 318 g/mol. The average Bonchev–Trinajstić information content (AvgIpc) is 2.69. The highest BCUT2D eigenvalue weighted by Gasteiger charge is 2.19. The molecule has 1 aromatic carbocycles. The van der Waals surface area contributed by atoms with Gasteiger partial charge in [-0.25, -0.2) is 0 Å². The highest BCUT2D eigenvalue weighted by molar-refractivity contribution is 8.25. The number of hydrogen-bond donors (Lipinski definition) is 0. The Morgan fingerprint density at radius 2 is 1.60 bits per heavy atom. The Hall–Kier alpha value is 0.820. The molecule has 0 saturated heterocycles. The fourth-order valence-corrected chi connectivity index (χ4v) is 4.43. The van der Waals surface area contributed by atoms with Crippen molar-refractivity contribution in [1.82, 2.24) is 0 Å². The van der Waals surface area contributed by atoms with Gasteiger partial charge in [0.25, 0.3) is 0 Å². The van der Waals surface area contributed by atoms with Crippen molar-refractivity contribution in [3.8, 4) is 0 Å². The zero-order valence-corrected chi connectivity index (χ0v) is 11.8. The number of halogens is 4. The van der Waals surface area contributed by atoms with E-state index in [-0.39, 0.29) is 0 Å². The highest BCUT2D eigenvalue weighted by atomic mass is 35.5. The molecule has 6 heteroatoms. The van der Waals surface area contributed by atoms with Crippen LogP contribution in [-0.4, -0.2) is 5.08 Å². The van der Waals surface area contributed by atoms with E-state index in [1.165, 1.54) is 0 Å². The van der Waals surface area contributed by atoms with E-state index in [9.17, 15) is 0 Å². The Bertz CT molecular complexity index is 416. The van der Waals surface area contributed by atoms with E-state index >= 15 is 0 Å². The van der Waals surface area contributed by atoms with Crippen LogP contribution in [0.3, 0.4) is 0 Å². The van der Waals surface area contributed by atoms with E-state index in [1.807, 2.05) is 5.41 Å². The van der Waals surface area contributed by atoms with E-state index in [1.54, 1.807) is 29.6 Å². The number of thioether (sulfide) groups is 2. The van der Waals surface area contributed by atoms with Crippen LogP contribution in [0, 0.1) is 0 Å². The summed E-state index contributed by atoms with van der Waals surface area (Å²) in [7, 11) is 0. The Kier molecular flexibility index (Phi) is 4.08. The molecular weight excluding hydrogens is 314 g/mol. The first-order chi connectivity index (χ1) is 7.11. The number of benzene rings is 1. The monoisotopic (exact) mass is 316 g/mol. The molecular formula is C9H4Cl4S2. The quantitative estimate of drug-likeness (QED) is 0.579. The minimum absolute atomic E-state index is 0.430. The summed E-state index contributed by atoms with van der Waals surface area (Å²) in [6.45, 7) is 0. The zero-order valence-electron chi connectivity index (χ0n) is 7.19. The minimum Gasteiger partial charge on any atom is -0.122 e. The van der Waals surface area contributed by atoms with Gasteiger partial charge in [0.1, 0.15) is 0 Å². The lowest BCUT2D eigenvalue weighted by molar-refractivity contribution is 1.64. The molecule has 2 rings (SSSR count). The largest absolute Gasteiger partial charge is 0.122 e. The topological polar surface area (TPSA) is 0 Å². The molecule has 1 aromatic rings. The third kappa shape index (κ3) is 2.41. The Labute approximate surface area is 116 Å². The van der Waals surface area contributed by atoms with Crippen LogP contribution in [0.2, 0.25) is 20.1 Å². The maximum absolute atomic E-state index is 6.11. The van der Waals surface area contributed by atoms with Crippen molar-refractivity contribution in [3.63, 3.8) is 0 Å². The molecule has 1 heterocycles. The summed E-state index contributed by atoms with van der Waals surface area (Å²) in [6.07, 6.45) is 0. The van der Waals surface area contributed by atoms with E-state index < -0.39 is 0 Å². The van der Waals surface area contributed by atoms with Crippen LogP contribution in [0.1, 0.15) is 5.56 Å². The van der Waals surface area contributed by atoms with E-state index in [2.05, 4.69) is 0 Å². The minimum atomic E-state index is 0.430. The van der Waals surface area contributed by atoms with E-state index in [0.717, 1.165) is 15.6 Å². The van der Waals surface area contributed by atoms with Crippen molar-refractivity contribution in [1.29, 1.82) is 0 Å². The molecule has 80 valence electrons. The van der Waals surface area contributed by atoms with Crippen molar-refractivity contribution in [2.75, 3.05) is 5.08 Å². The van der Waals surface area contributed by atoms with Gasteiger partial charge in [0.2, 0.25) is 0 Å². The van der Waals surface area contributed by atoms with Crippen LogP contribution in [0.25, 0.3) is 4.91 Å². The molecule has 0 saturated carbocycles. The molecule has 0 nitrogen and oxygen atoms in total. The summed E-state index contributed by atoms with van der Waals surface area (Å²) < 4.78 is 0. The lowest BCUT2D eigenvalue weighted by Crippen LogP contribution is -1.85. The summed E-state index contributed by atoms with van der Waals surface area (Å²) in [5, 5.41) is 4.77. The molecule has 1 aliphatic heterocycles. The van der Waals surface area contributed by atoms with Gasteiger partial charge >= 0.3 is 0 Å². The Morgan fingerprint density at radius 3 is 2.07 bits per heavy atom. The number of rotatable bonds is 1. The summed E-state index contributed by atoms with van der Waals surface area (Å²) >= 11 is 27.5. The predicted octanol–water partition coefficient (Wildman–Crippen LogP) is 6.04. The van der Waals surface area contributed by atoms with Crippen molar-refractivity contribution in [3.05, 3.63) is 37.1 Å². The van der Waals surface area contributed by atoms with Crippen molar-refractivity contribution >= 4 is 74.8 Å². The van der Waals surface area contributed by atoms with Gasteiger partial charge in [-0.15, -0.1) is 23.5 Å². The highest BCUT2D eigenvalue weighted by Crippen LogP contribution is 2.48. The molecule has 0 spiro atoms. The normalized spacial score (nSPS) is 15.6. The second-order valence-electron chi connectivity index (χ2n) is 2.75. The first-order valence-corrected chi connectivity index (χ1v) is 7.44. The lowest BCUT2D eigenvalue weighted by Gasteiger charge is -2.10. The maximum atomic E-state index is 6.11. The van der Waals surface area contributed by atoms with Gasteiger partial charge in [0.05, 0.1) is 20.1 Å². The molecule has 0 aliphatic carbocycles. The fraction of sp³-hybridized carbons (Fsp3) is 0.111. The van der Waals surface area contributed by atoms with Crippen LogP contribution in [0.4, 0.5) is 0 Å². The van der Waals surface area contributed by atoms with E-state index in [4.69, 9.17) is 46.4 Å². The standard InChI is InChI=1S/C9H4Cl4S2/c10-4-1-5(11)9(13)7(8(4)12)6-2-14-3-15-6/h1-2H,3H2. The zero-order chi connectivity index (χ0) is 11.0. The van der Waals surface area contributed by atoms with Gasteiger partial charge in [-0.2, -0.15) is 0 Å². The molecule has 0 unspecified atom stereocenters. The van der Waals surface area contributed by atoms with Gasteiger partial charge in [-0.1, -0.05) is 46.4 Å². The molecule has 0 bridgehead atoms. The molecule has 0 atom stereocenters. The van der Waals surface area contributed by atoms with Crippen LogP contribution in [0.15, 0.2) is 11.5 Å². The summed E-state index contributed by atoms with van der Waals surface area (Å²) in [5.41, 5.74) is 0.742. The first kappa shape index (κ1) is 12.3. The van der Waals surface area contributed by atoms with Crippen LogP contribution in [-0.2, 0) is 0 Å². The summed E-state index contributed by atoms with van der Waals surface area (Å²) in [5.74, 6) is 0. The van der Waals surface area contributed by atoms with E-state index in [0.29, 0.717) is 20.1 Å². The molecule has 15 heavy (non-hydrogen) atoms. The van der Waals surface area contributed by atoms with Crippen LogP contribution >= 0.6 is 69.9 Å². The smallest absolute Gasteiger partial charge is 0.0692 e. The Morgan fingerprint density at radius 1 is 1.00 bits per heavy atom. The molecule has 0 radical (unpaired) electrons. The molecule has 0 amide bonds. The van der Waals surface area contributed by atoms with Crippen molar-refractivity contribution < 1.29 is 0 Å². The fourth-order valence-electron chi connectivity index (χ4n) is 1.16. The number of hydrogen-bond acceptors (Lipinski definition) is 2. The third-order valence-electron chi connectivity index (χ3n) is 1.83. The van der Waals surface area contributed by atoms with Crippen LogP contribution in [0.5, 0.6) is 0 Å². The third-order valence-corrected chi connectivity index (χ3v) is 5.61. The second kappa shape index (κ2) is 4.99.